The molecule has 0 aliphatic heterocycles. The smallest absolute Gasteiger partial charge is 0.216 e. The normalized spacial score (nSPS) is 17.1. The number of sulfonamides is 1. The predicted octanol–water partition coefficient (Wildman–Crippen LogP) is 0.503. The first-order valence-electron chi connectivity index (χ1n) is 5.61. The number of rotatable bonds is 5. The van der Waals surface area contributed by atoms with Gasteiger partial charge in [-0.15, -0.1) is 0 Å². The predicted molar refractivity (Wildman–Crippen MR) is 66.0 cm³/mol. The number of nitriles is 1. The van der Waals surface area contributed by atoms with Gasteiger partial charge >= 0.3 is 0 Å². The summed E-state index contributed by atoms with van der Waals surface area (Å²) >= 11 is 0. The van der Waals surface area contributed by atoms with Crippen LogP contribution in [0.4, 0.5) is 0 Å². The molecule has 1 fully saturated rings. The highest BCUT2D eigenvalue weighted by atomic mass is 32.2. The Hall–Kier alpha value is -1.42. The second-order valence-electron chi connectivity index (χ2n) is 4.57. The van der Waals surface area contributed by atoms with Gasteiger partial charge < -0.3 is 5.11 Å². The highest BCUT2D eigenvalue weighted by Crippen LogP contribution is 2.35. The van der Waals surface area contributed by atoms with E-state index in [0.717, 1.165) is 0 Å². The van der Waals surface area contributed by atoms with Gasteiger partial charge in [0.05, 0.1) is 29.5 Å². The number of nitrogens with one attached hydrogen (secondary N) is 1. The van der Waals surface area contributed by atoms with E-state index in [1.807, 2.05) is 6.07 Å². The monoisotopic (exact) mass is 266 g/mol. The van der Waals surface area contributed by atoms with Crippen molar-refractivity contribution in [1.82, 2.24) is 4.72 Å². The Morgan fingerprint density at radius 1 is 1.39 bits per heavy atom. The fraction of sp³-hybridized carbons (Fsp3) is 0.417. The van der Waals surface area contributed by atoms with Crippen LogP contribution in [-0.4, -0.2) is 25.7 Å². The highest BCUT2D eigenvalue weighted by Gasteiger charge is 2.45. The summed E-state index contributed by atoms with van der Waals surface area (Å²) < 4.78 is 26.4. The molecule has 18 heavy (non-hydrogen) atoms. The lowest BCUT2D eigenvalue weighted by Crippen LogP contribution is -2.40. The van der Waals surface area contributed by atoms with E-state index in [2.05, 4.69) is 4.72 Å². The fourth-order valence-corrected chi connectivity index (χ4v) is 3.43. The van der Waals surface area contributed by atoms with Crippen molar-refractivity contribution in [2.24, 2.45) is 0 Å². The third-order valence-corrected chi connectivity index (χ3v) is 4.45. The number of aliphatic hydroxyl groups excluding tert-OH is 1. The molecule has 1 aromatic rings. The maximum atomic E-state index is 12.0. The van der Waals surface area contributed by atoms with Gasteiger partial charge in [-0.05, 0) is 24.5 Å². The molecule has 6 heteroatoms. The topological polar surface area (TPSA) is 90.2 Å². The van der Waals surface area contributed by atoms with Crippen LogP contribution in [0.5, 0.6) is 0 Å². The third-order valence-electron chi connectivity index (χ3n) is 3.01. The Morgan fingerprint density at radius 2 is 2.06 bits per heavy atom. The first kappa shape index (κ1) is 13.0. The summed E-state index contributed by atoms with van der Waals surface area (Å²) in [5, 5.41) is 18.0. The van der Waals surface area contributed by atoms with Crippen LogP contribution in [0.3, 0.4) is 0 Å². The average molecular weight is 266 g/mol. The van der Waals surface area contributed by atoms with Crippen LogP contribution in [0.2, 0.25) is 0 Å². The zero-order valence-electron chi connectivity index (χ0n) is 9.76. The van der Waals surface area contributed by atoms with Gasteiger partial charge in [-0.1, -0.05) is 18.2 Å². The highest BCUT2D eigenvalue weighted by molar-refractivity contribution is 7.88. The van der Waals surface area contributed by atoms with Crippen molar-refractivity contribution >= 4 is 10.0 Å². The van der Waals surface area contributed by atoms with Crippen LogP contribution < -0.4 is 4.72 Å². The molecule has 0 amide bonds. The largest absolute Gasteiger partial charge is 0.394 e. The Balaban J connectivity index is 2.16. The Bertz CT molecular complexity index is 586. The van der Waals surface area contributed by atoms with Crippen molar-refractivity contribution in [2.45, 2.75) is 24.1 Å². The minimum atomic E-state index is -3.54. The van der Waals surface area contributed by atoms with Gasteiger partial charge in [-0.3, -0.25) is 0 Å². The number of benzene rings is 1. The molecule has 0 aromatic heterocycles. The van der Waals surface area contributed by atoms with Crippen LogP contribution in [0.1, 0.15) is 24.0 Å². The maximum Gasteiger partial charge on any atom is 0.216 e. The lowest BCUT2D eigenvalue weighted by atomic mass is 10.1. The van der Waals surface area contributed by atoms with Gasteiger partial charge in [0.25, 0.3) is 0 Å². The zero-order chi connectivity index (χ0) is 13.2. The molecule has 2 N–H and O–H groups in total. The van der Waals surface area contributed by atoms with E-state index >= 15 is 0 Å². The summed E-state index contributed by atoms with van der Waals surface area (Å²) in [5.74, 6) is -0.238. The van der Waals surface area contributed by atoms with E-state index < -0.39 is 15.6 Å². The van der Waals surface area contributed by atoms with Gasteiger partial charge in [0.2, 0.25) is 10.0 Å². The number of aliphatic hydroxyl groups is 1. The molecule has 0 radical (unpaired) electrons. The molecule has 1 aliphatic rings. The Kier molecular flexibility index (Phi) is 3.39. The van der Waals surface area contributed by atoms with Crippen LogP contribution >= 0.6 is 0 Å². The molecular weight excluding hydrogens is 252 g/mol. The van der Waals surface area contributed by atoms with Gasteiger partial charge in [0.15, 0.2) is 0 Å². The minimum Gasteiger partial charge on any atom is -0.394 e. The summed E-state index contributed by atoms with van der Waals surface area (Å²) in [6.07, 6.45) is 1.31. The second kappa shape index (κ2) is 4.69. The van der Waals surface area contributed by atoms with Crippen molar-refractivity contribution < 1.29 is 13.5 Å². The standard InChI is InChI=1S/C12H14N2O3S/c13-7-10-3-1-2-4-11(10)8-18(16,17)14-12(9-15)5-6-12/h1-4,14-15H,5-6,8-9H2. The van der Waals surface area contributed by atoms with E-state index in [9.17, 15) is 8.42 Å². The van der Waals surface area contributed by atoms with Crippen molar-refractivity contribution in [3.8, 4) is 6.07 Å². The summed E-state index contributed by atoms with van der Waals surface area (Å²) in [6.45, 7) is -0.188. The molecule has 1 aromatic carbocycles. The van der Waals surface area contributed by atoms with Gasteiger partial charge in [-0.25, -0.2) is 13.1 Å². The first-order chi connectivity index (χ1) is 8.50. The molecule has 0 spiro atoms. The van der Waals surface area contributed by atoms with E-state index in [0.29, 0.717) is 24.0 Å². The number of hydrogen-bond acceptors (Lipinski definition) is 4. The van der Waals surface area contributed by atoms with E-state index in [4.69, 9.17) is 10.4 Å². The summed E-state index contributed by atoms with van der Waals surface area (Å²) in [5.41, 5.74) is 0.165. The van der Waals surface area contributed by atoms with Gasteiger partial charge in [-0.2, -0.15) is 5.26 Å². The molecule has 5 nitrogen and oxygen atoms in total. The third kappa shape index (κ3) is 2.88. The number of nitrogens with zero attached hydrogens (tertiary/aromatic N) is 1. The van der Waals surface area contributed by atoms with Crippen LogP contribution in [0, 0.1) is 11.3 Å². The summed E-state index contributed by atoms with van der Waals surface area (Å²) in [6, 6.07) is 8.57. The fourth-order valence-electron chi connectivity index (χ4n) is 1.77. The zero-order valence-corrected chi connectivity index (χ0v) is 10.6. The second-order valence-corrected chi connectivity index (χ2v) is 6.29. The molecule has 0 bridgehead atoms. The summed E-state index contributed by atoms with van der Waals surface area (Å²) in [4.78, 5) is 0. The van der Waals surface area contributed by atoms with E-state index in [-0.39, 0.29) is 12.4 Å². The molecule has 2 rings (SSSR count). The lowest BCUT2D eigenvalue weighted by molar-refractivity contribution is 0.246. The Morgan fingerprint density at radius 3 is 2.61 bits per heavy atom. The van der Waals surface area contributed by atoms with Gasteiger partial charge in [0, 0.05) is 0 Å². The Labute approximate surface area is 106 Å². The van der Waals surface area contributed by atoms with Gasteiger partial charge in [0.1, 0.15) is 0 Å². The van der Waals surface area contributed by atoms with Crippen molar-refractivity contribution in [3.05, 3.63) is 35.4 Å². The van der Waals surface area contributed by atoms with Crippen molar-refractivity contribution in [3.63, 3.8) is 0 Å². The van der Waals surface area contributed by atoms with Crippen molar-refractivity contribution in [2.75, 3.05) is 6.61 Å². The lowest BCUT2D eigenvalue weighted by Gasteiger charge is -2.14. The molecule has 96 valence electrons. The van der Waals surface area contributed by atoms with E-state index in [1.165, 1.54) is 0 Å². The maximum absolute atomic E-state index is 12.0. The van der Waals surface area contributed by atoms with Crippen LogP contribution in [0.25, 0.3) is 0 Å². The minimum absolute atomic E-state index is 0.188. The SMILES string of the molecule is N#Cc1ccccc1CS(=O)(=O)NC1(CO)CC1. The molecule has 1 aliphatic carbocycles. The van der Waals surface area contributed by atoms with Crippen LogP contribution in [-0.2, 0) is 15.8 Å². The molecule has 0 saturated heterocycles. The number of hydrogen-bond donors (Lipinski definition) is 2. The molecule has 0 atom stereocenters. The molecule has 1 saturated carbocycles. The van der Waals surface area contributed by atoms with Crippen molar-refractivity contribution in [1.29, 1.82) is 5.26 Å². The average Bonchev–Trinajstić information content (AvgIpc) is 3.09. The molecule has 0 heterocycles. The quantitative estimate of drug-likeness (QED) is 0.812. The van der Waals surface area contributed by atoms with E-state index in [1.54, 1.807) is 24.3 Å². The molecule has 0 unspecified atom stereocenters. The summed E-state index contributed by atoms with van der Waals surface area (Å²) in [7, 11) is -3.54. The first-order valence-corrected chi connectivity index (χ1v) is 7.26. The van der Waals surface area contributed by atoms with Crippen LogP contribution in [0.15, 0.2) is 24.3 Å². The molecular formula is C12H14N2O3S.